The summed E-state index contributed by atoms with van der Waals surface area (Å²) in [5.41, 5.74) is 0.967. The number of thiazole rings is 1. The van der Waals surface area contributed by atoms with Crippen LogP contribution in [-0.2, 0) is 11.3 Å². The summed E-state index contributed by atoms with van der Waals surface area (Å²) in [6, 6.07) is 5.76. The number of fused-ring (bicyclic) bond motifs is 1. The lowest BCUT2D eigenvalue weighted by molar-refractivity contribution is -0.117. The standard InChI is InChI=1S/C18H19N3O3S/c22-17-8-18(3-5-20(10-18)9-16-19-4-6-25-16)11-21(17)13-1-2-14-15(7-13)24-12-23-14/h1-2,4,6-7H,3,5,8-12H2/t18-/m0/s1. The minimum absolute atomic E-state index is 0.0602. The van der Waals surface area contributed by atoms with Crippen LogP contribution in [-0.4, -0.2) is 42.2 Å². The van der Waals surface area contributed by atoms with Gasteiger partial charge in [-0.05, 0) is 25.1 Å². The van der Waals surface area contributed by atoms with Crippen molar-refractivity contribution in [3.05, 3.63) is 34.8 Å². The molecule has 7 heteroatoms. The summed E-state index contributed by atoms with van der Waals surface area (Å²) in [5.74, 6) is 1.68. The summed E-state index contributed by atoms with van der Waals surface area (Å²) < 4.78 is 10.8. The molecule has 1 spiro atoms. The molecule has 1 aromatic carbocycles. The van der Waals surface area contributed by atoms with E-state index in [4.69, 9.17) is 9.47 Å². The van der Waals surface area contributed by atoms with Gasteiger partial charge in [-0.2, -0.15) is 0 Å². The van der Waals surface area contributed by atoms with Gasteiger partial charge in [0.1, 0.15) is 5.01 Å². The topological polar surface area (TPSA) is 54.9 Å². The molecule has 130 valence electrons. The first-order chi connectivity index (χ1) is 12.2. The summed E-state index contributed by atoms with van der Waals surface area (Å²) in [6.45, 7) is 3.90. The Hall–Kier alpha value is -2.12. The molecule has 0 saturated carbocycles. The number of amides is 1. The van der Waals surface area contributed by atoms with Crippen LogP contribution in [0.1, 0.15) is 17.8 Å². The smallest absolute Gasteiger partial charge is 0.231 e. The number of benzene rings is 1. The maximum absolute atomic E-state index is 12.7. The Morgan fingerprint density at radius 2 is 2.16 bits per heavy atom. The van der Waals surface area contributed by atoms with Crippen LogP contribution in [0.4, 0.5) is 5.69 Å². The van der Waals surface area contributed by atoms with Gasteiger partial charge in [0.15, 0.2) is 11.5 Å². The molecule has 6 nitrogen and oxygen atoms in total. The molecule has 1 amide bonds. The van der Waals surface area contributed by atoms with Crippen molar-refractivity contribution < 1.29 is 14.3 Å². The largest absolute Gasteiger partial charge is 0.454 e. The summed E-state index contributed by atoms with van der Waals surface area (Å²) in [6.07, 6.45) is 3.54. The summed E-state index contributed by atoms with van der Waals surface area (Å²) in [4.78, 5) is 21.4. The molecule has 0 bridgehead atoms. The highest BCUT2D eigenvalue weighted by Crippen LogP contribution is 2.44. The van der Waals surface area contributed by atoms with Crippen LogP contribution >= 0.6 is 11.3 Å². The predicted octanol–water partition coefficient (Wildman–Crippen LogP) is 2.50. The number of aromatic nitrogens is 1. The molecule has 0 unspecified atom stereocenters. The first-order valence-electron chi connectivity index (χ1n) is 8.52. The van der Waals surface area contributed by atoms with Crippen LogP contribution < -0.4 is 14.4 Å². The zero-order chi connectivity index (χ0) is 16.9. The van der Waals surface area contributed by atoms with E-state index in [9.17, 15) is 4.79 Å². The SMILES string of the molecule is O=C1C[C@]2(CCN(Cc3nccs3)C2)CN1c1ccc2c(c1)OCO2. The van der Waals surface area contributed by atoms with E-state index in [1.165, 1.54) is 0 Å². The molecule has 3 aliphatic rings. The van der Waals surface area contributed by atoms with Crippen molar-refractivity contribution in [2.45, 2.75) is 19.4 Å². The van der Waals surface area contributed by atoms with Crippen molar-refractivity contribution in [3.8, 4) is 11.5 Å². The van der Waals surface area contributed by atoms with Gasteiger partial charge in [0.05, 0.1) is 6.54 Å². The summed E-state index contributed by atoms with van der Waals surface area (Å²) in [5, 5.41) is 3.16. The zero-order valence-corrected chi connectivity index (χ0v) is 14.6. The maximum Gasteiger partial charge on any atom is 0.231 e. The Morgan fingerprint density at radius 3 is 3.04 bits per heavy atom. The van der Waals surface area contributed by atoms with Crippen molar-refractivity contribution in [2.75, 3.05) is 31.3 Å². The van der Waals surface area contributed by atoms with E-state index in [-0.39, 0.29) is 18.1 Å². The molecule has 0 radical (unpaired) electrons. The van der Waals surface area contributed by atoms with Crippen molar-refractivity contribution >= 4 is 22.9 Å². The molecule has 0 N–H and O–H groups in total. The third-order valence-corrected chi connectivity index (χ3v) is 6.11. The number of anilines is 1. The van der Waals surface area contributed by atoms with E-state index in [0.29, 0.717) is 6.42 Å². The second-order valence-corrected chi connectivity index (χ2v) is 8.06. The highest BCUT2D eigenvalue weighted by Gasteiger charge is 2.47. The van der Waals surface area contributed by atoms with Crippen LogP contribution in [0.3, 0.4) is 0 Å². The van der Waals surface area contributed by atoms with E-state index in [0.717, 1.165) is 54.8 Å². The number of carbonyl (C=O) groups is 1. The van der Waals surface area contributed by atoms with Gasteiger partial charge < -0.3 is 14.4 Å². The van der Waals surface area contributed by atoms with Gasteiger partial charge in [0.25, 0.3) is 0 Å². The van der Waals surface area contributed by atoms with Gasteiger partial charge in [-0.15, -0.1) is 11.3 Å². The van der Waals surface area contributed by atoms with Gasteiger partial charge in [-0.25, -0.2) is 4.98 Å². The summed E-state index contributed by atoms with van der Waals surface area (Å²) >= 11 is 1.69. The first kappa shape index (κ1) is 15.2. The molecule has 1 atom stereocenters. The molecular weight excluding hydrogens is 338 g/mol. The lowest BCUT2D eigenvalue weighted by atomic mass is 9.86. The second-order valence-electron chi connectivity index (χ2n) is 7.08. The molecule has 2 aromatic rings. The molecule has 5 rings (SSSR count). The Bertz CT molecular complexity index is 810. The molecular formula is C18H19N3O3S. The van der Waals surface area contributed by atoms with E-state index in [2.05, 4.69) is 9.88 Å². The number of hydrogen-bond donors (Lipinski definition) is 0. The van der Waals surface area contributed by atoms with Crippen LogP contribution in [0.15, 0.2) is 29.8 Å². The number of hydrogen-bond acceptors (Lipinski definition) is 6. The van der Waals surface area contributed by atoms with Crippen molar-refractivity contribution in [2.24, 2.45) is 5.41 Å². The monoisotopic (exact) mass is 357 g/mol. The average Bonchev–Trinajstić information content (AvgIpc) is 3.37. The van der Waals surface area contributed by atoms with Gasteiger partial charge in [-0.3, -0.25) is 9.69 Å². The highest BCUT2D eigenvalue weighted by molar-refractivity contribution is 7.09. The van der Waals surface area contributed by atoms with Crippen molar-refractivity contribution in [1.29, 1.82) is 0 Å². The number of nitrogens with zero attached hydrogens (tertiary/aromatic N) is 3. The Labute approximate surface area is 150 Å². The van der Waals surface area contributed by atoms with Crippen LogP contribution in [0.25, 0.3) is 0 Å². The van der Waals surface area contributed by atoms with E-state index in [1.807, 2.05) is 34.7 Å². The zero-order valence-electron chi connectivity index (χ0n) is 13.8. The molecule has 25 heavy (non-hydrogen) atoms. The minimum Gasteiger partial charge on any atom is -0.454 e. The molecule has 2 saturated heterocycles. The normalized spacial score (nSPS) is 25.4. The molecule has 3 aliphatic heterocycles. The van der Waals surface area contributed by atoms with Crippen molar-refractivity contribution in [3.63, 3.8) is 0 Å². The Morgan fingerprint density at radius 1 is 1.24 bits per heavy atom. The van der Waals surface area contributed by atoms with Crippen LogP contribution in [0.2, 0.25) is 0 Å². The molecule has 4 heterocycles. The van der Waals surface area contributed by atoms with Gasteiger partial charge in [0.2, 0.25) is 12.7 Å². The quantitative estimate of drug-likeness (QED) is 0.845. The third-order valence-electron chi connectivity index (χ3n) is 5.35. The van der Waals surface area contributed by atoms with Gasteiger partial charge in [-0.1, -0.05) is 0 Å². The number of likely N-dealkylation sites (tertiary alicyclic amines) is 1. The third kappa shape index (κ3) is 2.67. The average molecular weight is 357 g/mol. The number of rotatable bonds is 3. The van der Waals surface area contributed by atoms with Crippen LogP contribution in [0, 0.1) is 5.41 Å². The Balaban J connectivity index is 1.32. The fourth-order valence-electron chi connectivity index (χ4n) is 4.14. The van der Waals surface area contributed by atoms with E-state index in [1.54, 1.807) is 11.3 Å². The van der Waals surface area contributed by atoms with E-state index >= 15 is 0 Å². The second kappa shape index (κ2) is 5.71. The number of carbonyl (C=O) groups excluding carboxylic acids is 1. The summed E-state index contributed by atoms with van der Waals surface area (Å²) in [7, 11) is 0. The van der Waals surface area contributed by atoms with Gasteiger partial charge in [0, 0.05) is 48.3 Å². The highest BCUT2D eigenvalue weighted by atomic mass is 32.1. The maximum atomic E-state index is 12.7. The lowest BCUT2D eigenvalue weighted by Gasteiger charge is -2.24. The molecule has 1 aromatic heterocycles. The lowest BCUT2D eigenvalue weighted by Crippen LogP contribution is -2.31. The fourth-order valence-corrected chi connectivity index (χ4v) is 4.80. The minimum atomic E-state index is 0.0602. The number of ether oxygens (including phenoxy) is 2. The molecule has 0 aliphatic carbocycles. The van der Waals surface area contributed by atoms with Gasteiger partial charge >= 0.3 is 0 Å². The fraction of sp³-hybridized carbons (Fsp3) is 0.444. The molecule has 2 fully saturated rings. The Kier molecular flexibility index (Phi) is 3.46. The van der Waals surface area contributed by atoms with E-state index < -0.39 is 0 Å². The first-order valence-corrected chi connectivity index (χ1v) is 9.40. The van der Waals surface area contributed by atoms with Crippen molar-refractivity contribution in [1.82, 2.24) is 9.88 Å². The predicted molar refractivity (Wildman–Crippen MR) is 94.0 cm³/mol. The van der Waals surface area contributed by atoms with Crippen LogP contribution in [0.5, 0.6) is 11.5 Å².